The van der Waals surface area contributed by atoms with Crippen LogP contribution >= 0.6 is 22.9 Å². The van der Waals surface area contributed by atoms with E-state index >= 15 is 0 Å². The second-order valence-electron chi connectivity index (χ2n) is 3.85. The first-order valence-electron chi connectivity index (χ1n) is 5.10. The van der Waals surface area contributed by atoms with Gasteiger partial charge in [-0.2, -0.15) is 2.78 Å². The van der Waals surface area contributed by atoms with Gasteiger partial charge in [-0.25, -0.2) is 4.79 Å². The summed E-state index contributed by atoms with van der Waals surface area (Å²) in [4.78, 5) is 23.0. The number of nitrogens with zero attached hydrogens (tertiary/aromatic N) is 2. The van der Waals surface area contributed by atoms with Crippen molar-refractivity contribution in [2.45, 2.75) is 24.5 Å². The van der Waals surface area contributed by atoms with Crippen LogP contribution in [-0.4, -0.2) is 47.6 Å². The molecule has 2 heterocycles. The highest BCUT2D eigenvalue weighted by atomic mass is 127. The molecule has 18 heavy (non-hydrogen) atoms. The normalized spacial score (nSPS) is 31.8. The quantitative estimate of drug-likeness (QED) is 0.511. The smallest absolute Gasteiger partial charge is 0.342 e. The fraction of sp³-hybridized carbons (Fsp3) is 0.556. The predicted molar refractivity (Wildman–Crippen MR) is 67.4 cm³/mol. The highest BCUT2D eigenvalue weighted by molar-refractivity contribution is 14.1. The minimum absolute atomic E-state index is 0.479. The number of halogens is 1. The highest BCUT2D eigenvalue weighted by Gasteiger charge is 2.43. The molecule has 0 unspecified atom stereocenters. The molecule has 3 N–H and O–H groups in total. The number of rotatable bonds is 2. The maximum absolute atomic E-state index is 11.8. The summed E-state index contributed by atoms with van der Waals surface area (Å²) in [5.74, 6) is 0. The molecular weight excluding hydrogens is 359 g/mol. The molecule has 8 nitrogen and oxygen atoms in total. The molecule has 1 saturated heterocycles. The van der Waals surface area contributed by atoms with E-state index in [1.807, 2.05) is 0 Å². The first-order chi connectivity index (χ1) is 8.47. The van der Waals surface area contributed by atoms with Crippen molar-refractivity contribution in [3.05, 3.63) is 33.1 Å². The lowest BCUT2D eigenvalue weighted by molar-refractivity contribution is -0.0551. The molecule has 0 amide bonds. The molecule has 1 fully saturated rings. The average Bonchev–Trinajstić information content (AvgIpc) is 2.64. The molecule has 0 aromatic carbocycles. The van der Waals surface area contributed by atoms with Crippen LogP contribution in [0.15, 0.2) is 21.9 Å². The van der Waals surface area contributed by atoms with Crippen molar-refractivity contribution in [2.75, 3.05) is 6.61 Å². The number of aliphatic hydroxyl groups excluding tert-OH is 3. The Bertz CT molecular complexity index is 555. The monoisotopic (exact) mass is 370 g/mol. The number of hydrogen-bond donors (Lipinski definition) is 3. The van der Waals surface area contributed by atoms with Gasteiger partial charge in [0.25, 0.3) is 5.56 Å². The average molecular weight is 370 g/mol. The molecule has 100 valence electrons. The van der Waals surface area contributed by atoms with E-state index in [9.17, 15) is 19.8 Å². The first-order valence-corrected chi connectivity index (χ1v) is 6.06. The molecule has 1 aromatic rings. The second-order valence-corrected chi connectivity index (χ2v) is 4.82. The maximum atomic E-state index is 11.8. The van der Waals surface area contributed by atoms with E-state index < -0.39 is 42.4 Å². The number of aliphatic hydroxyl groups is 3. The summed E-state index contributed by atoms with van der Waals surface area (Å²) in [6.45, 7) is -0.479. The Kier molecular flexibility index (Phi) is 3.87. The number of ether oxygens (including phenoxy) is 1. The molecule has 2 rings (SSSR count). The van der Waals surface area contributed by atoms with Gasteiger partial charge in [-0.05, 0) is 0 Å². The minimum atomic E-state index is -1.35. The van der Waals surface area contributed by atoms with Gasteiger partial charge in [0.15, 0.2) is 6.23 Å². The van der Waals surface area contributed by atoms with E-state index in [4.69, 9.17) is 9.84 Å². The molecular formula is C9H11IN2O6. The van der Waals surface area contributed by atoms with Crippen molar-refractivity contribution in [2.24, 2.45) is 0 Å². The van der Waals surface area contributed by atoms with Crippen LogP contribution in [0.1, 0.15) is 6.23 Å². The second kappa shape index (κ2) is 5.09. The minimum Gasteiger partial charge on any atom is -0.394 e. The van der Waals surface area contributed by atoms with Gasteiger partial charge < -0.3 is 20.1 Å². The van der Waals surface area contributed by atoms with Crippen molar-refractivity contribution >= 4 is 22.9 Å². The molecule has 1 aliphatic rings. The van der Waals surface area contributed by atoms with E-state index in [0.29, 0.717) is 0 Å². The van der Waals surface area contributed by atoms with Crippen LogP contribution in [0.4, 0.5) is 0 Å². The summed E-state index contributed by atoms with van der Waals surface area (Å²) in [7, 11) is 0. The van der Waals surface area contributed by atoms with Crippen molar-refractivity contribution in [1.29, 1.82) is 0 Å². The first kappa shape index (κ1) is 13.7. The fourth-order valence-electron chi connectivity index (χ4n) is 1.77. The zero-order chi connectivity index (χ0) is 13.4. The van der Waals surface area contributed by atoms with Gasteiger partial charge in [-0.3, -0.25) is 9.36 Å². The molecule has 9 heteroatoms. The lowest BCUT2D eigenvalue weighted by Crippen LogP contribution is -2.40. The van der Waals surface area contributed by atoms with E-state index in [2.05, 4.69) is 0 Å². The van der Waals surface area contributed by atoms with Crippen molar-refractivity contribution in [3.8, 4) is 0 Å². The van der Waals surface area contributed by atoms with Gasteiger partial charge in [0, 0.05) is 12.3 Å². The lowest BCUT2D eigenvalue weighted by atomic mass is 10.1. The largest absolute Gasteiger partial charge is 0.394 e. The van der Waals surface area contributed by atoms with Crippen LogP contribution in [0.25, 0.3) is 0 Å². The highest BCUT2D eigenvalue weighted by Crippen LogP contribution is 2.27. The van der Waals surface area contributed by atoms with Crippen molar-refractivity contribution in [3.63, 3.8) is 0 Å². The third-order valence-electron chi connectivity index (χ3n) is 2.75. The molecule has 0 spiro atoms. The van der Waals surface area contributed by atoms with E-state index in [1.165, 1.54) is 29.1 Å². The van der Waals surface area contributed by atoms with Gasteiger partial charge in [0.2, 0.25) is 0 Å². The van der Waals surface area contributed by atoms with Gasteiger partial charge in [-0.15, -0.1) is 0 Å². The molecule has 0 aliphatic carbocycles. The van der Waals surface area contributed by atoms with Gasteiger partial charge in [0.1, 0.15) is 18.3 Å². The molecule has 0 radical (unpaired) electrons. The van der Waals surface area contributed by atoms with Crippen molar-refractivity contribution < 1.29 is 20.1 Å². The SMILES string of the molecule is O=c1ccn([C@@H]2O[C@H](CO)[C@@H](O)[C@H]2O)c(=O)n1I. The Balaban J connectivity index is 2.42. The zero-order valence-corrected chi connectivity index (χ0v) is 11.2. The van der Waals surface area contributed by atoms with Crippen LogP contribution in [0.2, 0.25) is 0 Å². The summed E-state index contributed by atoms with van der Waals surface area (Å²) in [5, 5.41) is 28.3. The third-order valence-corrected chi connectivity index (χ3v) is 3.64. The third kappa shape index (κ3) is 2.12. The summed E-state index contributed by atoms with van der Waals surface area (Å²) < 4.78 is 7.01. The maximum Gasteiger partial charge on any atom is 0.342 e. The van der Waals surface area contributed by atoms with Crippen LogP contribution in [0.5, 0.6) is 0 Å². The van der Waals surface area contributed by atoms with Crippen LogP contribution < -0.4 is 11.2 Å². The molecule has 1 aliphatic heterocycles. The van der Waals surface area contributed by atoms with Crippen LogP contribution in [-0.2, 0) is 4.74 Å². The number of aromatic nitrogens is 2. The van der Waals surface area contributed by atoms with E-state index in [1.54, 1.807) is 0 Å². The summed E-state index contributed by atoms with van der Waals surface area (Å²) >= 11 is 1.53. The summed E-state index contributed by atoms with van der Waals surface area (Å²) in [6, 6.07) is 1.14. The molecule has 0 bridgehead atoms. The van der Waals surface area contributed by atoms with Gasteiger partial charge in [-0.1, -0.05) is 0 Å². The molecule has 0 saturated carbocycles. The summed E-state index contributed by atoms with van der Waals surface area (Å²) in [5.41, 5.74) is -1.18. The predicted octanol–water partition coefficient (Wildman–Crippen LogP) is -2.18. The van der Waals surface area contributed by atoms with Crippen LogP contribution in [0.3, 0.4) is 0 Å². The lowest BCUT2D eigenvalue weighted by Gasteiger charge is -2.17. The Morgan fingerprint density at radius 3 is 2.56 bits per heavy atom. The zero-order valence-electron chi connectivity index (χ0n) is 9.01. The Labute approximate surface area is 115 Å². The van der Waals surface area contributed by atoms with Crippen LogP contribution in [0, 0.1) is 0 Å². The van der Waals surface area contributed by atoms with Gasteiger partial charge in [0.05, 0.1) is 29.5 Å². The standard InChI is InChI=1S/C9H11IN2O6/c10-12-5(14)1-2-11(9(12)17)8-7(16)6(15)4(3-13)18-8/h1-2,4,6-8,13,15-16H,3H2/t4-,6-,7-,8-/m1/s1. The number of hydrogen-bond acceptors (Lipinski definition) is 6. The fourth-order valence-corrected chi connectivity index (χ4v) is 2.18. The molecule has 4 atom stereocenters. The Morgan fingerprint density at radius 1 is 1.33 bits per heavy atom. The van der Waals surface area contributed by atoms with E-state index in [-0.39, 0.29) is 0 Å². The summed E-state index contributed by atoms with van der Waals surface area (Å²) in [6.07, 6.45) is -3.56. The van der Waals surface area contributed by atoms with Gasteiger partial charge >= 0.3 is 5.69 Å². The van der Waals surface area contributed by atoms with E-state index in [0.717, 1.165) is 13.4 Å². The Hall–Kier alpha value is -0.750. The van der Waals surface area contributed by atoms with Crippen molar-refractivity contribution in [1.82, 2.24) is 7.35 Å². The topological polar surface area (TPSA) is 114 Å². The Morgan fingerprint density at radius 2 is 2.00 bits per heavy atom. The molecule has 1 aromatic heterocycles.